The van der Waals surface area contributed by atoms with E-state index in [1.807, 2.05) is 0 Å². The molecule has 0 radical (unpaired) electrons. The number of thiazole rings is 1. The fourth-order valence-corrected chi connectivity index (χ4v) is 2.68. The number of nitrogens with zero attached hydrogens (tertiary/aromatic N) is 2. The number of aromatic nitrogens is 1. The lowest BCUT2D eigenvalue weighted by molar-refractivity contribution is -0.140. The molecule has 1 heterocycles. The molecular formula is C14H14ClF4IN4S. The van der Waals surface area contributed by atoms with Crippen LogP contribution < -0.4 is 10.6 Å². The summed E-state index contributed by atoms with van der Waals surface area (Å²) in [5.74, 6) is -0.133. The quantitative estimate of drug-likeness (QED) is 0.278. The van der Waals surface area contributed by atoms with Crippen molar-refractivity contribution in [1.29, 1.82) is 0 Å². The molecule has 0 saturated carbocycles. The highest BCUT2D eigenvalue weighted by Crippen LogP contribution is 2.29. The Morgan fingerprint density at radius 3 is 2.52 bits per heavy atom. The molecule has 0 fully saturated rings. The second-order valence-electron chi connectivity index (χ2n) is 4.65. The molecule has 0 spiro atoms. The van der Waals surface area contributed by atoms with Gasteiger partial charge in [-0.15, -0.1) is 35.3 Å². The standard InChI is InChI=1S/C14H13ClF4N4S.HI/c1-20-13(21-5-8-2-3-10(16)9(15)4-8)22-6-12-23-11(7-24-12)14(17,18)19;/h2-4,7H,5-6H2,1H3,(H2,20,21,22);1H. The van der Waals surface area contributed by atoms with Gasteiger partial charge in [0.25, 0.3) is 0 Å². The van der Waals surface area contributed by atoms with Gasteiger partial charge in [-0.2, -0.15) is 13.2 Å². The second kappa shape index (κ2) is 9.53. The third kappa shape index (κ3) is 6.59. The monoisotopic (exact) mass is 508 g/mol. The molecule has 0 amide bonds. The van der Waals surface area contributed by atoms with E-state index in [9.17, 15) is 17.6 Å². The lowest BCUT2D eigenvalue weighted by Gasteiger charge is -2.11. The van der Waals surface area contributed by atoms with Crippen molar-refractivity contribution in [2.45, 2.75) is 19.3 Å². The van der Waals surface area contributed by atoms with E-state index in [4.69, 9.17) is 11.6 Å². The molecule has 0 aliphatic rings. The van der Waals surface area contributed by atoms with E-state index < -0.39 is 17.7 Å². The molecule has 0 bridgehead atoms. The molecule has 2 N–H and O–H groups in total. The van der Waals surface area contributed by atoms with Crippen molar-refractivity contribution in [3.8, 4) is 0 Å². The number of halogens is 6. The fraction of sp³-hybridized carbons (Fsp3) is 0.286. The minimum Gasteiger partial charge on any atom is -0.352 e. The van der Waals surface area contributed by atoms with Crippen molar-refractivity contribution in [2.24, 2.45) is 4.99 Å². The van der Waals surface area contributed by atoms with Gasteiger partial charge in [0, 0.05) is 19.0 Å². The van der Waals surface area contributed by atoms with Gasteiger partial charge in [-0.05, 0) is 17.7 Å². The number of hydrogen-bond donors (Lipinski definition) is 2. The molecule has 11 heteroatoms. The summed E-state index contributed by atoms with van der Waals surface area (Å²) in [6.45, 7) is 0.427. The van der Waals surface area contributed by atoms with E-state index in [2.05, 4.69) is 20.6 Å². The van der Waals surface area contributed by atoms with Gasteiger partial charge in [0.05, 0.1) is 11.6 Å². The van der Waals surface area contributed by atoms with Gasteiger partial charge in [0.15, 0.2) is 11.7 Å². The van der Waals surface area contributed by atoms with E-state index >= 15 is 0 Å². The van der Waals surface area contributed by atoms with E-state index in [1.165, 1.54) is 19.2 Å². The second-order valence-corrected chi connectivity index (χ2v) is 6.00. The normalized spacial score (nSPS) is 11.8. The maximum Gasteiger partial charge on any atom is 0.434 e. The Kier molecular flexibility index (Phi) is 8.35. The summed E-state index contributed by atoms with van der Waals surface area (Å²) >= 11 is 6.61. The lowest BCUT2D eigenvalue weighted by Crippen LogP contribution is -2.36. The van der Waals surface area contributed by atoms with Crippen LogP contribution >= 0.6 is 46.9 Å². The average molecular weight is 509 g/mol. The smallest absolute Gasteiger partial charge is 0.352 e. The number of rotatable bonds is 4. The molecule has 25 heavy (non-hydrogen) atoms. The molecule has 2 aromatic rings. The van der Waals surface area contributed by atoms with Crippen molar-refractivity contribution in [3.05, 3.63) is 50.7 Å². The zero-order valence-electron chi connectivity index (χ0n) is 12.8. The van der Waals surface area contributed by atoms with Gasteiger partial charge in [0.2, 0.25) is 0 Å². The summed E-state index contributed by atoms with van der Waals surface area (Å²) in [5, 5.41) is 7.08. The predicted molar refractivity (Wildman–Crippen MR) is 101 cm³/mol. The molecule has 4 nitrogen and oxygen atoms in total. The Morgan fingerprint density at radius 1 is 1.28 bits per heavy atom. The number of alkyl halides is 3. The molecule has 0 aliphatic heterocycles. The van der Waals surface area contributed by atoms with Crippen LogP contribution in [-0.2, 0) is 19.3 Å². The van der Waals surface area contributed by atoms with Gasteiger partial charge in [-0.3, -0.25) is 4.99 Å². The SMILES string of the molecule is CN=C(NCc1ccc(F)c(Cl)c1)NCc1nc(C(F)(F)F)cs1.I. The van der Waals surface area contributed by atoms with Gasteiger partial charge >= 0.3 is 6.18 Å². The molecule has 138 valence electrons. The summed E-state index contributed by atoms with van der Waals surface area (Å²) in [6.07, 6.45) is -4.45. The van der Waals surface area contributed by atoms with E-state index in [0.29, 0.717) is 12.5 Å². The molecule has 0 atom stereocenters. The van der Waals surface area contributed by atoms with Crippen LogP contribution in [0.3, 0.4) is 0 Å². The minimum atomic E-state index is -4.45. The number of benzene rings is 1. The van der Waals surface area contributed by atoms with Gasteiger partial charge in [0.1, 0.15) is 10.8 Å². The Hall–Kier alpha value is -1.14. The Balaban J connectivity index is 0.00000312. The van der Waals surface area contributed by atoms with Crippen LogP contribution in [0.1, 0.15) is 16.3 Å². The van der Waals surface area contributed by atoms with Crippen molar-refractivity contribution in [2.75, 3.05) is 7.05 Å². The zero-order valence-corrected chi connectivity index (χ0v) is 16.7. The maximum atomic E-state index is 13.1. The van der Waals surface area contributed by atoms with E-state index in [-0.39, 0.29) is 40.6 Å². The maximum absolute atomic E-state index is 13.1. The average Bonchev–Trinajstić information content (AvgIpc) is 3.00. The first-order chi connectivity index (χ1) is 11.3. The van der Waals surface area contributed by atoms with Crippen molar-refractivity contribution in [3.63, 3.8) is 0 Å². The molecule has 1 aromatic carbocycles. The highest BCUT2D eigenvalue weighted by Gasteiger charge is 2.33. The molecule has 0 aliphatic carbocycles. The van der Waals surface area contributed by atoms with Gasteiger partial charge in [-0.1, -0.05) is 17.7 Å². The Morgan fingerprint density at radius 2 is 1.96 bits per heavy atom. The Labute approximate surface area is 167 Å². The molecule has 0 unspecified atom stereocenters. The first-order valence-electron chi connectivity index (χ1n) is 6.69. The van der Waals surface area contributed by atoms with Crippen molar-refractivity contribution in [1.82, 2.24) is 15.6 Å². The summed E-state index contributed by atoms with van der Waals surface area (Å²) in [5.41, 5.74) is -0.175. The molecular weight excluding hydrogens is 495 g/mol. The highest BCUT2D eigenvalue weighted by molar-refractivity contribution is 14.0. The molecule has 1 aromatic heterocycles. The van der Waals surface area contributed by atoms with Gasteiger partial charge in [-0.25, -0.2) is 9.37 Å². The number of nitrogens with one attached hydrogen (secondary N) is 2. The highest BCUT2D eigenvalue weighted by atomic mass is 127. The van der Waals surface area contributed by atoms with Crippen LogP contribution in [0.5, 0.6) is 0 Å². The van der Waals surface area contributed by atoms with Crippen molar-refractivity contribution < 1.29 is 17.6 Å². The molecule has 2 rings (SSSR count). The first-order valence-corrected chi connectivity index (χ1v) is 7.95. The Bertz CT molecular complexity index is 736. The summed E-state index contributed by atoms with van der Waals surface area (Å²) in [4.78, 5) is 7.47. The van der Waals surface area contributed by atoms with Crippen LogP contribution in [-0.4, -0.2) is 18.0 Å². The summed E-state index contributed by atoms with van der Waals surface area (Å²) < 4.78 is 50.5. The minimum absolute atomic E-state index is 0. The number of hydrogen-bond acceptors (Lipinski definition) is 3. The first kappa shape index (κ1) is 21.9. The largest absolute Gasteiger partial charge is 0.434 e. The van der Waals surface area contributed by atoms with Crippen LogP contribution in [0.25, 0.3) is 0 Å². The third-order valence-corrected chi connectivity index (χ3v) is 4.06. The van der Waals surface area contributed by atoms with E-state index in [1.54, 1.807) is 6.07 Å². The summed E-state index contributed by atoms with van der Waals surface area (Å²) in [7, 11) is 1.52. The fourth-order valence-electron chi connectivity index (χ4n) is 1.74. The number of guanidine groups is 1. The van der Waals surface area contributed by atoms with Crippen LogP contribution in [0.15, 0.2) is 28.6 Å². The topological polar surface area (TPSA) is 49.3 Å². The van der Waals surface area contributed by atoms with Crippen LogP contribution in [0, 0.1) is 5.82 Å². The molecule has 0 saturated heterocycles. The van der Waals surface area contributed by atoms with Crippen LogP contribution in [0.4, 0.5) is 17.6 Å². The lowest BCUT2D eigenvalue weighted by atomic mass is 10.2. The van der Waals surface area contributed by atoms with Crippen LogP contribution in [0.2, 0.25) is 5.02 Å². The predicted octanol–water partition coefficient (Wildman–Crippen LogP) is 4.44. The third-order valence-electron chi connectivity index (χ3n) is 2.92. The van der Waals surface area contributed by atoms with Gasteiger partial charge < -0.3 is 10.6 Å². The number of aliphatic imine (C=N–C) groups is 1. The summed E-state index contributed by atoms with van der Waals surface area (Å²) in [6, 6.07) is 4.30. The zero-order chi connectivity index (χ0) is 17.7. The van der Waals surface area contributed by atoms with Crippen molar-refractivity contribution >= 4 is 52.9 Å². The van der Waals surface area contributed by atoms with E-state index in [0.717, 1.165) is 22.3 Å².